The Kier molecular flexibility index (Phi) is 7.30. The van der Waals surface area contributed by atoms with Crippen molar-refractivity contribution in [2.75, 3.05) is 0 Å². The second kappa shape index (κ2) is 6.66. The first-order valence-electron chi connectivity index (χ1n) is 3.78. The first kappa shape index (κ1) is 11.0. The first-order valence-corrected chi connectivity index (χ1v) is 5.61. The molecule has 61 valence electrons. The van der Waals surface area contributed by atoms with Gasteiger partial charge in [-0.25, -0.2) is 0 Å². The van der Waals surface area contributed by atoms with Crippen LogP contribution in [0.25, 0.3) is 0 Å². The average molecular weight is 271 g/mol. The summed E-state index contributed by atoms with van der Waals surface area (Å²) in [6.07, 6.45) is 4.95. The second-order valence-electron chi connectivity index (χ2n) is 2.53. The molecule has 10 heavy (non-hydrogen) atoms. The molecule has 0 nitrogen and oxygen atoms in total. The van der Waals surface area contributed by atoms with Gasteiger partial charge in [0.15, 0.2) is 0 Å². The maximum atomic E-state index is 3.86. The van der Waals surface area contributed by atoms with Crippen molar-refractivity contribution in [1.29, 1.82) is 0 Å². The summed E-state index contributed by atoms with van der Waals surface area (Å²) in [7, 11) is 0. The van der Waals surface area contributed by atoms with Gasteiger partial charge in [0, 0.05) is 9.65 Å². The number of hydrogen-bond acceptors (Lipinski definition) is 0. The van der Waals surface area contributed by atoms with Gasteiger partial charge in [0.05, 0.1) is 0 Å². The molecule has 1 radical (unpaired) electrons. The minimum atomic E-state index is 0.434. The maximum absolute atomic E-state index is 3.86. The van der Waals surface area contributed by atoms with E-state index in [1.807, 2.05) is 0 Å². The van der Waals surface area contributed by atoms with Crippen molar-refractivity contribution in [3.63, 3.8) is 0 Å². The van der Waals surface area contributed by atoms with Crippen LogP contribution in [0.5, 0.6) is 0 Å². The molecule has 0 rings (SSSR count). The Morgan fingerprint density at radius 1 is 1.30 bits per heavy atom. The second-order valence-corrected chi connectivity index (χ2v) is 5.12. The van der Waals surface area contributed by atoms with Crippen LogP contribution in [0.15, 0.2) is 0 Å². The van der Waals surface area contributed by atoms with E-state index in [1.165, 1.54) is 25.7 Å². The number of hydrogen-bond donors (Lipinski definition) is 0. The molecular formula is C8H15Br2. The van der Waals surface area contributed by atoms with Crippen molar-refractivity contribution in [1.82, 2.24) is 0 Å². The van der Waals surface area contributed by atoms with Gasteiger partial charge in [-0.3, -0.25) is 0 Å². The topological polar surface area (TPSA) is 0 Å². The van der Waals surface area contributed by atoms with Gasteiger partial charge in [0.25, 0.3) is 0 Å². The molecule has 0 saturated carbocycles. The van der Waals surface area contributed by atoms with Crippen molar-refractivity contribution < 1.29 is 0 Å². The van der Waals surface area contributed by atoms with E-state index in [9.17, 15) is 0 Å². The largest absolute Gasteiger partial charge is 0.0891 e. The van der Waals surface area contributed by atoms with E-state index in [4.69, 9.17) is 0 Å². The van der Waals surface area contributed by atoms with Crippen molar-refractivity contribution in [3.05, 3.63) is 6.92 Å². The van der Waals surface area contributed by atoms with Crippen molar-refractivity contribution in [2.24, 2.45) is 0 Å². The Labute approximate surface area is 81.0 Å². The Morgan fingerprint density at radius 3 is 2.30 bits per heavy atom. The lowest BCUT2D eigenvalue weighted by Gasteiger charge is -2.06. The van der Waals surface area contributed by atoms with Crippen LogP contribution in [0.1, 0.15) is 32.6 Å². The highest BCUT2D eigenvalue weighted by atomic mass is 79.9. The molecule has 0 aliphatic carbocycles. The molecule has 0 heterocycles. The smallest absolute Gasteiger partial charge is 0.0146 e. The van der Waals surface area contributed by atoms with Gasteiger partial charge in [-0.1, -0.05) is 45.2 Å². The molecule has 2 unspecified atom stereocenters. The van der Waals surface area contributed by atoms with E-state index in [0.717, 1.165) is 0 Å². The molecule has 0 bridgehead atoms. The lowest BCUT2D eigenvalue weighted by molar-refractivity contribution is 0.663. The summed E-state index contributed by atoms with van der Waals surface area (Å²) < 4.78 is 0. The highest BCUT2D eigenvalue weighted by Crippen LogP contribution is 2.15. The number of rotatable bonds is 5. The monoisotopic (exact) mass is 269 g/mol. The van der Waals surface area contributed by atoms with Crippen LogP contribution in [-0.4, -0.2) is 9.65 Å². The minimum Gasteiger partial charge on any atom is -0.0891 e. The molecule has 0 saturated heterocycles. The van der Waals surface area contributed by atoms with Crippen LogP contribution < -0.4 is 0 Å². The molecule has 2 heteroatoms. The normalized spacial score (nSPS) is 16.8. The molecule has 0 fully saturated rings. The molecule has 0 aromatic carbocycles. The van der Waals surface area contributed by atoms with Crippen LogP contribution in [0.2, 0.25) is 0 Å². The fourth-order valence-electron chi connectivity index (χ4n) is 0.765. The van der Waals surface area contributed by atoms with E-state index in [0.29, 0.717) is 9.65 Å². The summed E-state index contributed by atoms with van der Waals surface area (Å²) in [5.74, 6) is 0. The van der Waals surface area contributed by atoms with Crippen LogP contribution in [-0.2, 0) is 0 Å². The number of halogens is 2. The van der Waals surface area contributed by atoms with E-state index in [2.05, 4.69) is 45.7 Å². The third-order valence-electron chi connectivity index (χ3n) is 1.48. The summed E-state index contributed by atoms with van der Waals surface area (Å²) in [6.45, 7) is 6.07. The van der Waals surface area contributed by atoms with Crippen LogP contribution in [0.3, 0.4) is 0 Å². The predicted octanol–water partition coefficient (Wildman–Crippen LogP) is 3.93. The van der Waals surface area contributed by atoms with E-state index in [-0.39, 0.29) is 0 Å². The van der Waals surface area contributed by atoms with Crippen molar-refractivity contribution in [3.8, 4) is 0 Å². The lowest BCUT2D eigenvalue weighted by Crippen LogP contribution is -1.97. The van der Waals surface area contributed by atoms with Gasteiger partial charge in [0.1, 0.15) is 0 Å². The van der Waals surface area contributed by atoms with Crippen LogP contribution in [0, 0.1) is 6.92 Å². The van der Waals surface area contributed by atoms with Gasteiger partial charge >= 0.3 is 0 Å². The molecule has 2 atom stereocenters. The van der Waals surface area contributed by atoms with Gasteiger partial charge in [-0.2, -0.15) is 0 Å². The zero-order valence-electron chi connectivity index (χ0n) is 6.45. The SMILES string of the molecule is [CH2]C(Br)CCCC(Br)CC. The first-order chi connectivity index (χ1) is 4.66. The fourth-order valence-corrected chi connectivity index (χ4v) is 1.41. The van der Waals surface area contributed by atoms with Crippen molar-refractivity contribution in [2.45, 2.75) is 42.3 Å². The molecule has 0 amide bonds. The Morgan fingerprint density at radius 2 is 1.90 bits per heavy atom. The van der Waals surface area contributed by atoms with Crippen LogP contribution >= 0.6 is 31.9 Å². The maximum Gasteiger partial charge on any atom is 0.0146 e. The predicted molar refractivity (Wildman–Crippen MR) is 54.9 cm³/mol. The molecule has 0 aliphatic rings. The minimum absolute atomic E-state index is 0.434. The molecule has 0 N–H and O–H groups in total. The fraction of sp³-hybridized carbons (Fsp3) is 0.875. The Balaban J connectivity index is 3.03. The Bertz CT molecular complexity index is 71.7. The molecule has 0 aromatic rings. The Hall–Kier alpha value is 0.960. The standard InChI is InChI=1S/C8H15Br2/c1-3-8(10)6-4-5-7(2)9/h7-8H,2-6H2,1H3. The van der Waals surface area contributed by atoms with E-state index in [1.54, 1.807) is 0 Å². The highest BCUT2D eigenvalue weighted by molar-refractivity contribution is 9.09. The van der Waals surface area contributed by atoms with Gasteiger partial charge in [0.2, 0.25) is 0 Å². The van der Waals surface area contributed by atoms with Gasteiger partial charge in [-0.05, 0) is 26.2 Å². The third-order valence-corrected chi connectivity index (χ3v) is 3.04. The molecular weight excluding hydrogens is 256 g/mol. The zero-order valence-corrected chi connectivity index (χ0v) is 9.62. The molecule has 0 aromatic heterocycles. The van der Waals surface area contributed by atoms with Crippen LogP contribution in [0.4, 0.5) is 0 Å². The quantitative estimate of drug-likeness (QED) is 0.664. The summed E-state index contributed by atoms with van der Waals surface area (Å²) in [6, 6.07) is 0. The average Bonchev–Trinajstić information content (AvgIpc) is 1.87. The summed E-state index contributed by atoms with van der Waals surface area (Å²) in [4.78, 5) is 1.14. The molecule has 0 aliphatic heterocycles. The summed E-state index contributed by atoms with van der Waals surface area (Å²) in [5.41, 5.74) is 0. The zero-order chi connectivity index (χ0) is 7.98. The van der Waals surface area contributed by atoms with Crippen molar-refractivity contribution >= 4 is 31.9 Å². The number of alkyl halides is 2. The molecule has 0 spiro atoms. The van der Waals surface area contributed by atoms with Gasteiger partial charge < -0.3 is 0 Å². The van der Waals surface area contributed by atoms with E-state index >= 15 is 0 Å². The lowest BCUT2D eigenvalue weighted by atomic mass is 10.1. The highest BCUT2D eigenvalue weighted by Gasteiger charge is 2.01. The summed E-state index contributed by atoms with van der Waals surface area (Å²) >= 11 is 7.01. The van der Waals surface area contributed by atoms with E-state index < -0.39 is 0 Å². The van der Waals surface area contributed by atoms with Gasteiger partial charge in [-0.15, -0.1) is 0 Å². The third kappa shape index (κ3) is 7.07. The summed E-state index contributed by atoms with van der Waals surface area (Å²) in [5, 5.41) is 0.